The number of guanidine groups is 1. The summed E-state index contributed by atoms with van der Waals surface area (Å²) in [4.78, 5) is 4.27. The summed E-state index contributed by atoms with van der Waals surface area (Å²) in [6, 6.07) is 10.3. The van der Waals surface area contributed by atoms with E-state index in [-0.39, 0.29) is 24.0 Å². The van der Waals surface area contributed by atoms with Crippen LogP contribution in [-0.2, 0) is 6.54 Å². The van der Waals surface area contributed by atoms with E-state index in [1.807, 2.05) is 24.3 Å². The molecule has 1 saturated carbocycles. The van der Waals surface area contributed by atoms with Crippen molar-refractivity contribution >= 4 is 29.9 Å². The van der Waals surface area contributed by atoms with Crippen molar-refractivity contribution in [1.29, 1.82) is 5.26 Å². The predicted molar refractivity (Wildman–Crippen MR) is 96.8 cm³/mol. The summed E-state index contributed by atoms with van der Waals surface area (Å²) in [5.74, 6) is 0.862. The largest absolute Gasteiger partial charge is 0.354 e. The molecule has 1 aliphatic carbocycles. The van der Waals surface area contributed by atoms with Crippen LogP contribution in [0.2, 0.25) is 0 Å². The Balaban J connectivity index is 0.00000220. The van der Waals surface area contributed by atoms with Gasteiger partial charge in [0.15, 0.2) is 5.96 Å². The molecule has 0 amide bonds. The zero-order chi connectivity index (χ0) is 14.2. The number of benzene rings is 1. The van der Waals surface area contributed by atoms with Gasteiger partial charge in [0.25, 0.3) is 0 Å². The van der Waals surface area contributed by atoms with Crippen molar-refractivity contribution in [3.05, 3.63) is 35.4 Å². The van der Waals surface area contributed by atoms with Crippen LogP contribution in [0.3, 0.4) is 0 Å². The van der Waals surface area contributed by atoms with Gasteiger partial charge in [0.2, 0.25) is 0 Å². The first-order chi connectivity index (χ1) is 9.81. The summed E-state index contributed by atoms with van der Waals surface area (Å²) >= 11 is 0. The van der Waals surface area contributed by atoms with Crippen LogP contribution in [0.25, 0.3) is 0 Å². The normalized spacial score (nSPS) is 15.7. The fourth-order valence-corrected chi connectivity index (χ4v) is 2.52. The topological polar surface area (TPSA) is 60.2 Å². The molecule has 1 aromatic rings. The second-order valence-electron chi connectivity index (χ2n) is 5.21. The molecule has 21 heavy (non-hydrogen) atoms. The fourth-order valence-electron chi connectivity index (χ4n) is 2.52. The standard InChI is InChI=1S/C16H22N4.HI/c1-18-16(20-15-5-3-2-4-6-15)19-12-14-9-7-13(11-17)8-10-14;/h7-10,15H,2-6,12H2,1H3,(H2,18,19,20);1H. The average molecular weight is 398 g/mol. The monoisotopic (exact) mass is 398 g/mol. The summed E-state index contributed by atoms with van der Waals surface area (Å²) in [5.41, 5.74) is 1.84. The number of nitriles is 1. The van der Waals surface area contributed by atoms with Gasteiger partial charge in [-0.2, -0.15) is 5.26 Å². The molecule has 1 aliphatic rings. The molecule has 0 radical (unpaired) electrons. The lowest BCUT2D eigenvalue weighted by Gasteiger charge is -2.24. The van der Waals surface area contributed by atoms with Crippen LogP contribution >= 0.6 is 24.0 Å². The summed E-state index contributed by atoms with van der Waals surface area (Å²) in [5, 5.41) is 15.6. The molecule has 0 atom stereocenters. The molecule has 0 aromatic heterocycles. The minimum atomic E-state index is 0. The molecule has 1 aromatic carbocycles. The van der Waals surface area contributed by atoms with E-state index in [1.54, 1.807) is 7.05 Å². The van der Waals surface area contributed by atoms with Gasteiger partial charge in [0.1, 0.15) is 0 Å². The van der Waals surface area contributed by atoms with Gasteiger partial charge in [-0.15, -0.1) is 24.0 Å². The second kappa shape index (κ2) is 9.61. The van der Waals surface area contributed by atoms with E-state index in [2.05, 4.69) is 21.7 Å². The van der Waals surface area contributed by atoms with Crippen LogP contribution in [-0.4, -0.2) is 19.0 Å². The molecule has 114 valence electrons. The zero-order valence-corrected chi connectivity index (χ0v) is 14.8. The van der Waals surface area contributed by atoms with Crippen molar-refractivity contribution < 1.29 is 0 Å². The molecule has 2 rings (SSSR count). The number of hydrogen-bond donors (Lipinski definition) is 2. The minimum Gasteiger partial charge on any atom is -0.354 e. The summed E-state index contributed by atoms with van der Waals surface area (Å²) in [6.07, 6.45) is 6.44. The van der Waals surface area contributed by atoms with E-state index in [0.29, 0.717) is 11.6 Å². The lowest BCUT2D eigenvalue weighted by Crippen LogP contribution is -2.43. The van der Waals surface area contributed by atoms with Gasteiger partial charge >= 0.3 is 0 Å². The first-order valence-electron chi connectivity index (χ1n) is 7.28. The number of halogens is 1. The van der Waals surface area contributed by atoms with Crippen molar-refractivity contribution in [1.82, 2.24) is 10.6 Å². The SMILES string of the molecule is CN=C(NCc1ccc(C#N)cc1)NC1CCCCC1.I. The highest BCUT2D eigenvalue weighted by Gasteiger charge is 2.14. The Morgan fingerprint density at radius 2 is 1.90 bits per heavy atom. The van der Waals surface area contributed by atoms with Gasteiger partial charge in [0.05, 0.1) is 11.6 Å². The zero-order valence-electron chi connectivity index (χ0n) is 12.4. The summed E-state index contributed by atoms with van der Waals surface area (Å²) in [6.45, 7) is 0.720. The van der Waals surface area contributed by atoms with Crippen molar-refractivity contribution in [2.45, 2.75) is 44.7 Å². The third-order valence-electron chi connectivity index (χ3n) is 3.71. The Kier molecular flexibility index (Phi) is 8.13. The van der Waals surface area contributed by atoms with Crippen LogP contribution in [0.1, 0.15) is 43.2 Å². The maximum absolute atomic E-state index is 8.77. The van der Waals surface area contributed by atoms with Gasteiger partial charge in [0, 0.05) is 19.6 Å². The highest BCUT2D eigenvalue weighted by molar-refractivity contribution is 14.0. The van der Waals surface area contributed by atoms with E-state index in [0.717, 1.165) is 18.1 Å². The van der Waals surface area contributed by atoms with Crippen LogP contribution in [0.15, 0.2) is 29.3 Å². The third-order valence-corrected chi connectivity index (χ3v) is 3.71. The third kappa shape index (κ3) is 5.92. The van der Waals surface area contributed by atoms with Gasteiger partial charge in [-0.1, -0.05) is 31.4 Å². The number of hydrogen-bond acceptors (Lipinski definition) is 2. The van der Waals surface area contributed by atoms with E-state index in [4.69, 9.17) is 5.26 Å². The molecule has 0 saturated heterocycles. The molecular formula is C16H23IN4. The van der Waals surface area contributed by atoms with Crippen LogP contribution in [0.4, 0.5) is 0 Å². The van der Waals surface area contributed by atoms with Crippen molar-refractivity contribution in [2.24, 2.45) is 4.99 Å². The molecule has 0 heterocycles. The Bertz CT molecular complexity index is 484. The molecular weight excluding hydrogens is 375 g/mol. The van der Waals surface area contributed by atoms with Crippen LogP contribution in [0.5, 0.6) is 0 Å². The van der Waals surface area contributed by atoms with Crippen molar-refractivity contribution in [3.63, 3.8) is 0 Å². The smallest absolute Gasteiger partial charge is 0.191 e. The van der Waals surface area contributed by atoms with Crippen LogP contribution < -0.4 is 10.6 Å². The Morgan fingerprint density at radius 3 is 2.48 bits per heavy atom. The molecule has 5 heteroatoms. The highest BCUT2D eigenvalue weighted by atomic mass is 127. The van der Waals surface area contributed by atoms with Gasteiger partial charge < -0.3 is 10.6 Å². The minimum absolute atomic E-state index is 0. The fraction of sp³-hybridized carbons (Fsp3) is 0.500. The molecule has 1 fully saturated rings. The number of rotatable bonds is 3. The summed E-state index contributed by atoms with van der Waals surface area (Å²) in [7, 11) is 1.80. The van der Waals surface area contributed by atoms with E-state index in [9.17, 15) is 0 Å². The second-order valence-corrected chi connectivity index (χ2v) is 5.21. The highest BCUT2D eigenvalue weighted by Crippen LogP contribution is 2.17. The number of nitrogens with zero attached hydrogens (tertiary/aromatic N) is 2. The average Bonchev–Trinajstić information content (AvgIpc) is 2.53. The predicted octanol–water partition coefficient (Wildman–Crippen LogP) is 3.17. The maximum Gasteiger partial charge on any atom is 0.191 e. The first-order valence-corrected chi connectivity index (χ1v) is 7.28. The van der Waals surface area contributed by atoms with Gasteiger partial charge in [-0.3, -0.25) is 4.99 Å². The van der Waals surface area contributed by atoms with E-state index in [1.165, 1.54) is 32.1 Å². The lowest BCUT2D eigenvalue weighted by atomic mass is 9.96. The number of nitrogens with one attached hydrogen (secondary N) is 2. The molecule has 0 unspecified atom stereocenters. The van der Waals surface area contributed by atoms with Crippen molar-refractivity contribution in [3.8, 4) is 6.07 Å². The molecule has 2 N–H and O–H groups in total. The van der Waals surface area contributed by atoms with Gasteiger partial charge in [-0.05, 0) is 30.5 Å². The quantitative estimate of drug-likeness (QED) is 0.467. The van der Waals surface area contributed by atoms with E-state index >= 15 is 0 Å². The Hall–Kier alpha value is -1.29. The number of aliphatic imine (C=N–C) groups is 1. The van der Waals surface area contributed by atoms with Crippen molar-refractivity contribution in [2.75, 3.05) is 7.05 Å². The lowest BCUT2D eigenvalue weighted by molar-refractivity contribution is 0.410. The Morgan fingerprint density at radius 1 is 1.24 bits per heavy atom. The molecule has 0 aliphatic heterocycles. The maximum atomic E-state index is 8.77. The van der Waals surface area contributed by atoms with Crippen LogP contribution in [0, 0.1) is 11.3 Å². The Labute approximate surface area is 144 Å². The summed E-state index contributed by atoms with van der Waals surface area (Å²) < 4.78 is 0. The van der Waals surface area contributed by atoms with E-state index < -0.39 is 0 Å². The molecule has 0 bridgehead atoms. The molecule has 0 spiro atoms. The first kappa shape index (κ1) is 17.8. The molecule has 4 nitrogen and oxygen atoms in total. The van der Waals surface area contributed by atoms with Gasteiger partial charge in [-0.25, -0.2) is 0 Å².